The molecule has 4 nitrogen and oxygen atoms in total. The average molecular weight is 440 g/mol. The third-order valence-corrected chi connectivity index (χ3v) is 6.20. The van der Waals surface area contributed by atoms with Crippen LogP contribution < -0.4 is 4.90 Å². The van der Waals surface area contributed by atoms with Crippen molar-refractivity contribution < 1.29 is 14.7 Å². The zero-order valence-corrected chi connectivity index (χ0v) is 17.7. The Balaban J connectivity index is 1.79. The molecule has 0 saturated heterocycles. The van der Waals surface area contributed by atoms with Gasteiger partial charge in [0.05, 0.1) is 18.2 Å². The van der Waals surface area contributed by atoms with Crippen molar-refractivity contribution >= 4 is 40.6 Å². The normalized spacial score (nSPS) is 18.9. The zero-order valence-electron chi connectivity index (χ0n) is 16.2. The molecule has 0 aliphatic carbocycles. The van der Waals surface area contributed by atoms with Gasteiger partial charge in [-0.3, -0.25) is 9.59 Å². The van der Waals surface area contributed by atoms with E-state index in [2.05, 4.69) is 0 Å². The SMILES string of the molecule is C[C@H](C(=O)c1ccccc1)[C@]1(O)C(=O)N(Cc2ccccc2Cl)c2ccc(Cl)cc21. The van der Waals surface area contributed by atoms with Crippen molar-refractivity contribution in [3.05, 3.63) is 99.5 Å². The average Bonchev–Trinajstić information content (AvgIpc) is 2.97. The molecule has 152 valence electrons. The van der Waals surface area contributed by atoms with Crippen LogP contribution in [0.2, 0.25) is 10.0 Å². The number of hydrogen-bond donors (Lipinski definition) is 1. The summed E-state index contributed by atoms with van der Waals surface area (Å²) in [5.74, 6) is -1.91. The second-order valence-corrected chi connectivity index (χ2v) is 8.21. The highest BCUT2D eigenvalue weighted by Crippen LogP contribution is 2.47. The number of rotatable bonds is 5. The van der Waals surface area contributed by atoms with Crippen molar-refractivity contribution in [3.8, 4) is 0 Å². The van der Waals surface area contributed by atoms with Crippen molar-refractivity contribution in [3.63, 3.8) is 0 Å². The summed E-state index contributed by atoms with van der Waals surface area (Å²) in [6, 6.07) is 20.7. The summed E-state index contributed by atoms with van der Waals surface area (Å²) in [6.07, 6.45) is 0. The Labute approximate surface area is 184 Å². The van der Waals surface area contributed by atoms with E-state index in [0.29, 0.717) is 26.9 Å². The van der Waals surface area contributed by atoms with Gasteiger partial charge < -0.3 is 10.0 Å². The maximum atomic E-state index is 13.5. The standard InChI is InChI=1S/C24H19Cl2NO3/c1-15(22(28)16-7-3-2-4-8-16)24(30)19-13-18(25)11-12-21(19)27(23(24)29)14-17-9-5-6-10-20(17)26/h2-13,15,30H,14H2,1H3/t15-,24-/m1/s1. The molecule has 0 fully saturated rings. The number of fused-ring (bicyclic) bond motifs is 1. The topological polar surface area (TPSA) is 57.6 Å². The minimum atomic E-state index is -2.03. The predicted molar refractivity (Wildman–Crippen MR) is 118 cm³/mol. The molecule has 4 rings (SSSR count). The molecule has 0 aromatic heterocycles. The first-order valence-electron chi connectivity index (χ1n) is 9.51. The van der Waals surface area contributed by atoms with Gasteiger partial charge in [-0.15, -0.1) is 0 Å². The quantitative estimate of drug-likeness (QED) is 0.552. The van der Waals surface area contributed by atoms with Crippen LogP contribution in [-0.2, 0) is 16.9 Å². The number of nitrogens with zero attached hydrogens (tertiary/aromatic N) is 1. The van der Waals surface area contributed by atoms with E-state index in [-0.39, 0.29) is 12.3 Å². The molecular weight excluding hydrogens is 421 g/mol. The van der Waals surface area contributed by atoms with Crippen LogP contribution >= 0.6 is 23.2 Å². The first-order chi connectivity index (χ1) is 14.3. The molecule has 0 spiro atoms. The minimum absolute atomic E-state index is 0.168. The second-order valence-electron chi connectivity index (χ2n) is 7.36. The highest BCUT2D eigenvalue weighted by atomic mass is 35.5. The van der Waals surface area contributed by atoms with E-state index in [0.717, 1.165) is 5.56 Å². The van der Waals surface area contributed by atoms with Gasteiger partial charge >= 0.3 is 0 Å². The molecule has 0 radical (unpaired) electrons. The fourth-order valence-electron chi connectivity index (χ4n) is 3.89. The van der Waals surface area contributed by atoms with E-state index in [1.165, 1.54) is 4.90 Å². The number of carbonyl (C=O) groups is 2. The Bertz CT molecular complexity index is 1130. The lowest BCUT2D eigenvalue weighted by molar-refractivity contribution is -0.139. The molecule has 0 saturated carbocycles. The van der Waals surface area contributed by atoms with Crippen LogP contribution in [0.1, 0.15) is 28.4 Å². The van der Waals surface area contributed by atoms with E-state index in [4.69, 9.17) is 23.2 Å². The lowest BCUT2D eigenvalue weighted by Crippen LogP contribution is -2.47. The van der Waals surface area contributed by atoms with Gasteiger partial charge in [0.15, 0.2) is 11.4 Å². The Morgan fingerprint density at radius 1 is 1.03 bits per heavy atom. The largest absolute Gasteiger partial charge is 0.375 e. The second kappa shape index (κ2) is 7.88. The fourth-order valence-corrected chi connectivity index (χ4v) is 4.26. The number of Topliss-reactive ketones (excluding diaryl/α,β-unsaturated/α-hetero) is 1. The molecule has 6 heteroatoms. The van der Waals surface area contributed by atoms with Crippen molar-refractivity contribution in [1.29, 1.82) is 0 Å². The monoisotopic (exact) mass is 439 g/mol. The van der Waals surface area contributed by atoms with Crippen molar-refractivity contribution in [2.75, 3.05) is 4.90 Å². The molecule has 0 bridgehead atoms. The van der Waals surface area contributed by atoms with Gasteiger partial charge in [-0.1, -0.05) is 78.7 Å². The Hall–Kier alpha value is -2.66. The first kappa shape index (κ1) is 20.6. The van der Waals surface area contributed by atoms with Crippen LogP contribution in [-0.4, -0.2) is 16.8 Å². The molecule has 2 atom stereocenters. The van der Waals surface area contributed by atoms with Gasteiger partial charge in [-0.05, 0) is 29.8 Å². The summed E-state index contributed by atoms with van der Waals surface area (Å²) in [4.78, 5) is 28.1. The van der Waals surface area contributed by atoms with Crippen LogP contribution in [0.3, 0.4) is 0 Å². The number of ketones is 1. The highest BCUT2D eigenvalue weighted by Gasteiger charge is 2.55. The summed E-state index contributed by atoms with van der Waals surface area (Å²) in [5, 5.41) is 12.5. The third-order valence-electron chi connectivity index (χ3n) is 5.60. The van der Waals surface area contributed by atoms with Crippen LogP contribution in [0.25, 0.3) is 0 Å². The lowest BCUT2D eigenvalue weighted by Gasteiger charge is -2.28. The lowest BCUT2D eigenvalue weighted by atomic mass is 9.79. The molecule has 3 aromatic rings. The molecule has 3 aromatic carbocycles. The molecule has 1 aliphatic rings. The Morgan fingerprint density at radius 2 is 1.70 bits per heavy atom. The van der Waals surface area contributed by atoms with E-state index in [9.17, 15) is 14.7 Å². The van der Waals surface area contributed by atoms with Crippen molar-refractivity contribution in [2.45, 2.75) is 19.1 Å². The number of hydrogen-bond acceptors (Lipinski definition) is 3. The molecule has 1 amide bonds. The maximum Gasteiger partial charge on any atom is 0.264 e. The van der Waals surface area contributed by atoms with Gasteiger partial charge in [-0.2, -0.15) is 0 Å². The Kier molecular flexibility index (Phi) is 5.41. The molecule has 30 heavy (non-hydrogen) atoms. The van der Waals surface area contributed by atoms with E-state index >= 15 is 0 Å². The van der Waals surface area contributed by atoms with Crippen LogP contribution in [0.5, 0.6) is 0 Å². The summed E-state index contributed by atoms with van der Waals surface area (Å²) in [7, 11) is 0. The first-order valence-corrected chi connectivity index (χ1v) is 10.3. The number of halogens is 2. The van der Waals surface area contributed by atoms with Crippen LogP contribution in [0.15, 0.2) is 72.8 Å². The van der Waals surface area contributed by atoms with Gasteiger partial charge in [-0.25, -0.2) is 0 Å². The van der Waals surface area contributed by atoms with Gasteiger partial charge in [0.1, 0.15) is 0 Å². The number of carbonyl (C=O) groups excluding carboxylic acids is 2. The predicted octanol–water partition coefficient (Wildman–Crippen LogP) is 5.25. The third kappa shape index (κ3) is 3.31. The van der Waals surface area contributed by atoms with Crippen LogP contribution in [0.4, 0.5) is 5.69 Å². The highest BCUT2D eigenvalue weighted by molar-refractivity contribution is 6.31. The van der Waals surface area contributed by atoms with Gasteiger partial charge in [0.2, 0.25) is 0 Å². The fraction of sp³-hybridized carbons (Fsp3) is 0.167. The maximum absolute atomic E-state index is 13.5. The van der Waals surface area contributed by atoms with E-state index in [1.807, 2.05) is 18.2 Å². The molecule has 1 N–H and O–H groups in total. The van der Waals surface area contributed by atoms with Crippen LogP contribution in [0, 0.1) is 5.92 Å². The number of amides is 1. The molecule has 0 unspecified atom stereocenters. The smallest absolute Gasteiger partial charge is 0.264 e. The Morgan fingerprint density at radius 3 is 2.40 bits per heavy atom. The zero-order chi connectivity index (χ0) is 21.5. The summed E-state index contributed by atoms with van der Waals surface area (Å²) in [5.41, 5.74) is -0.0311. The molecule has 1 aliphatic heterocycles. The minimum Gasteiger partial charge on any atom is -0.375 e. The van der Waals surface area contributed by atoms with Crippen molar-refractivity contribution in [1.82, 2.24) is 0 Å². The van der Waals surface area contributed by atoms with Gasteiger partial charge in [0, 0.05) is 21.2 Å². The van der Waals surface area contributed by atoms with Gasteiger partial charge in [0.25, 0.3) is 5.91 Å². The number of aliphatic hydroxyl groups is 1. The summed E-state index contributed by atoms with van der Waals surface area (Å²) >= 11 is 12.5. The van der Waals surface area contributed by atoms with Crippen molar-refractivity contribution in [2.24, 2.45) is 5.92 Å². The number of benzene rings is 3. The van der Waals surface area contributed by atoms with E-state index in [1.54, 1.807) is 61.5 Å². The number of anilines is 1. The summed E-state index contributed by atoms with van der Waals surface area (Å²) < 4.78 is 0. The summed E-state index contributed by atoms with van der Waals surface area (Å²) in [6.45, 7) is 1.73. The molecular formula is C24H19Cl2NO3. The van der Waals surface area contributed by atoms with E-state index < -0.39 is 17.4 Å². The molecule has 1 heterocycles.